The first-order valence-corrected chi connectivity index (χ1v) is 9.85. The number of nitrogens with zero attached hydrogens (tertiary/aromatic N) is 1. The zero-order chi connectivity index (χ0) is 15.3. The second-order valence-electron chi connectivity index (χ2n) is 5.10. The summed E-state index contributed by atoms with van der Waals surface area (Å²) in [5, 5.41) is 13.1. The molecule has 0 radical (unpaired) electrons. The van der Waals surface area contributed by atoms with E-state index in [4.69, 9.17) is 4.74 Å². The van der Waals surface area contributed by atoms with Crippen LogP contribution in [0, 0.1) is 6.92 Å². The molecular formula is C15H28N2O2S2. The predicted octanol–water partition coefficient (Wildman–Crippen LogP) is 2.49. The van der Waals surface area contributed by atoms with Crippen LogP contribution >= 0.6 is 23.1 Å². The second kappa shape index (κ2) is 12.4. The van der Waals surface area contributed by atoms with Crippen molar-refractivity contribution in [1.82, 2.24) is 10.3 Å². The van der Waals surface area contributed by atoms with Gasteiger partial charge in [0.1, 0.15) is 0 Å². The number of aryl methyl sites for hydroxylation is 1. The third-order valence-electron chi connectivity index (χ3n) is 3.21. The fraction of sp³-hybridized carbons (Fsp3) is 0.800. The van der Waals surface area contributed by atoms with Crippen molar-refractivity contribution in [1.29, 1.82) is 0 Å². The molecular weight excluding hydrogens is 304 g/mol. The van der Waals surface area contributed by atoms with E-state index >= 15 is 0 Å². The molecule has 0 aromatic carbocycles. The second-order valence-corrected chi connectivity index (χ2v) is 7.02. The minimum atomic E-state index is -0.418. The van der Waals surface area contributed by atoms with Crippen molar-refractivity contribution in [3.63, 3.8) is 0 Å². The molecule has 0 bridgehead atoms. The van der Waals surface area contributed by atoms with E-state index in [2.05, 4.69) is 16.6 Å². The average Bonchev–Trinajstić information content (AvgIpc) is 2.88. The largest absolute Gasteiger partial charge is 0.389 e. The zero-order valence-corrected chi connectivity index (χ0v) is 14.8. The molecule has 0 fully saturated rings. The number of hydrogen-bond acceptors (Lipinski definition) is 6. The van der Waals surface area contributed by atoms with E-state index < -0.39 is 6.10 Å². The lowest BCUT2D eigenvalue weighted by Gasteiger charge is -2.12. The molecule has 0 saturated heterocycles. The van der Waals surface area contributed by atoms with E-state index in [9.17, 15) is 5.11 Å². The quantitative estimate of drug-likeness (QED) is 0.544. The van der Waals surface area contributed by atoms with Crippen LogP contribution in [-0.4, -0.2) is 54.5 Å². The Labute approximate surface area is 136 Å². The van der Waals surface area contributed by atoms with Crippen LogP contribution in [0.3, 0.4) is 0 Å². The molecule has 1 atom stereocenters. The third kappa shape index (κ3) is 9.47. The Bertz CT molecular complexity index is 361. The summed E-state index contributed by atoms with van der Waals surface area (Å²) in [5.41, 5.74) is 2.95. The van der Waals surface area contributed by atoms with Gasteiger partial charge in [-0.3, -0.25) is 0 Å². The maximum absolute atomic E-state index is 9.80. The van der Waals surface area contributed by atoms with E-state index in [1.165, 1.54) is 29.9 Å². The number of hydrogen-bond donors (Lipinski definition) is 2. The maximum atomic E-state index is 9.80. The van der Waals surface area contributed by atoms with Gasteiger partial charge < -0.3 is 15.2 Å². The minimum Gasteiger partial charge on any atom is -0.389 e. The van der Waals surface area contributed by atoms with Gasteiger partial charge >= 0.3 is 0 Å². The van der Waals surface area contributed by atoms with E-state index in [1.54, 1.807) is 11.3 Å². The summed E-state index contributed by atoms with van der Waals surface area (Å²) in [5.74, 6) is 1.25. The first kappa shape index (κ1) is 18.9. The summed E-state index contributed by atoms with van der Waals surface area (Å²) in [6.07, 6.45) is 6.33. The zero-order valence-electron chi connectivity index (χ0n) is 13.1. The number of rotatable bonds is 13. The summed E-state index contributed by atoms with van der Waals surface area (Å²) in [6, 6.07) is 0. The Kier molecular flexibility index (Phi) is 11.2. The van der Waals surface area contributed by atoms with Crippen molar-refractivity contribution in [3.05, 3.63) is 16.1 Å². The SMILES string of the molecule is CSCCCCCNCC(O)COCCc1scnc1C. The van der Waals surface area contributed by atoms with Crippen molar-refractivity contribution in [2.24, 2.45) is 0 Å². The molecule has 0 amide bonds. The minimum absolute atomic E-state index is 0.400. The lowest BCUT2D eigenvalue weighted by molar-refractivity contribution is 0.0385. The number of thioether (sulfide) groups is 1. The number of aliphatic hydroxyl groups excluding tert-OH is 1. The Balaban J connectivity index is 1.89. The first-order chi connectivity index (χ1) is 10.2. The van der Waals surface area contributed by atoms with Crippen LogP contribution in [0.2, 0.25) is 0 Å². The molecule has 0 aliphatic heterocycles. The van der Waals surface area contributed by atoms with Crippen molar-refractivity contribution < 1.29 is 9.84 Å². The number of ether oxygens (including phenoxy) is 1. The molecule has 122 valence electrons. The predicted molar refractivity (Wildman–Crippen MR) is 92.5 cm³/mol. The van der Waals surface area contributed by atoms with E-state index in [1.807, 2.05) is 24.2 Å². The van der Waals surface area contributed by atoms with Gasteiger partial charge in [0.25, 0.3) is 0 Å². The van der Waals surface area contributed by atoms with Gasteiger partial charge in [0.05, 0.1) is 30.5 Å². The van der Waals surface area contributed by atoms with Crippen molar-refractivity contribution in [2.75, 3.05) is 38.3 Å². The van der Waals surface area contributed by atoms with Crippen LogP contribution in [0.25, 0.3) is 0 Å². The summed E-state index contributed by atoms with van der Waals surface area (Å²) in [6.45, 7) is 4.66. The molecule has 4 nitrogen and oxygen atoms in total. The summed E-state index contributed by atoms with van der Waals surface area (Å²) in [7, 11) is 0. The lowest BCUT2D eigenvalue weighted by atomic mass is 10.2. The first-order valence-electron chi connectivity index (χ1n) is 7.58. The Morgan fingerprint density at radius 3 is 3.00 bits per heavy atom. The highest BCUT2D eigenvalue weighted by molar-refractivity contribution is 7.98. The monoisotopic (exact) mass is 332 g/mol. The van der Waals surface area contributed by atoms with E-state index in [0.29, 0.717) is 19.8 Å². The number of unbranched alkanes of at least 4 members (excludes halogenated alkanes) is 2. The number of thiazole rings is 1. The lowest BCUT2D eigenvalue weighted by Crippen LogP contribution is -2.31. The highest BCUT2D eigenvalue weighted by atomic mass is 32.2. The number of aliphatic hydroxyl groups is 1. The van der Waals surface area contributed by atoms with Crippen LogP contribution in [0.1, 0.15) is 29.8 Å². The van der Waals surface area contributed by atoms with Crippen LogP contribution < -0.4 is 5.32 Å². The molecule has 21 heavy (non-hydrogen) atoms. The van der Waals surface area contributed by atoms with Crippen LogP contribution in [-0.2, 0) is 11.2 Å². The van der Waals surface area contributed by atoms with Crippen molar-refractivity contribution in [2.45, 2.75) is 38.7 Å². The van der Waals surface area contributed by atoms with Gasteiger partial charge in [-0.25, -0.2) is 4.98 Å². The van der Waals surface area contributed by atoms with E-state index in [-0.39, 0.29) is 0 Å². The smallest absolute Gasteiger partial charge is 0.0897 e. The van der Waals surface area contributed by atoms with Gasteiger partial charge in [0, 0.05) is 17.8 Å². The van der Waals surface area contributed by atoms with Gasteiger partial charge in [-0.15, -0.1) is 11.3 Å². The molecule has 1 heterocycles. The average molecular weight is 333 g/mol. The Morgan fingerprint density at radius 1 is 1.43 bits per heavy atom. The Hall–Kier alpha value is -0.140. The maximum Gasteiger partial charge on any atom is 0.0897 e. The molecule has 1 aromatic heterocycles. The molecule has 0 spiro atoms. The van der Waals surface area contributed by atoms with Crippen LogP contribution in [0.4, 0.5) is 0 Å². The fourth-order valence-electron chi connectivity index (χ4n) is 1.95. The van der Waals surface area contributed by atoms with Crippen LogP contribution in [0.15, 0.2) is 5.51 Å². The summed E-state index contributed by atoms with van der Waals surface area (Å²) >= 11 is 3.57. The van der Waals surface area contributed by atoms with Crippen molar-refractivity contribution in [3.8, 4) is 0 Å². The van der Waals surface area contributed by atoms with Crippen molar-refractivity contribution >= 4 is 23.1 Å². The number of aromatic nitrogens is 1. The topological polar surface area (TPSA) is 54.4 Å². The molecule has 6 heteroatoms. The van der Waals surface area contributed by atoms with Gasteiger partial charge in [0.2, 0.25) is 0 Å². The van der Waals surface area contributed by atoms with Gasteiger partial charge in [-0.1, -0.05) is 6.42 Å². The van der Waals surface area contributed by atoms with Gasteiger partial charge in [0.15, 0.2) is 0 Å². The highest BCUT2D eigenvalue weighted by Gasteiger charge is 2.05. The molecule has 0 aliphatic rings. The van der Waals surface area contributed by atoms with E-state index in [0.717, 1.165) is 18.7 Å². The molecule has 1 rings (SSSR count). The summed E-state index contributed by atoms with van der Waals surface area (Å²) in [4.78, 5) is 5.48. The fourth-order valence-corrected chi connectivity index (χ4v) is 3.21. The molecule has 2 N–H and O–H groups in total. The Morgan fingerprint density at radius 2 is 2.29 bits per heavy atom. The molecule has 1 aromatic rings. The van der Waals surface area contributed by atoms with Gasteiger partial charge in [-0.2, -0.15) is 11.8 Å². The normalized spacial score (nSPS) is 12.7. The molecule has 0 saturated carbocycles. The van der Waals surface area contributed by atoms with Gasteiger partial charge in [-0.05, 0) is 38.3 Å². The highest BCUT2D eigenvalue weighted by Crippen LogP contribution is 2.12. The molecule has 0 aliphatic carbocycles. The standard InChI is InChI=1S/C15H28N2O2S2/c1-13-15(21-12-17-13)6-8-19-11-14(18)10-16-7-4-3-5-9-20-2/h12,14,16,18H,3-11H2,1-2H3. The molecule has 1 unspecified atom stereocenters. The van der Waals surface area contributed by atoms with Crippen LogP contribution in [0.5, 0.6) is 0 Å². The summed E-state index contributed by atoms with van der Waals surface area (Å²) < 4.78 is 5.52. The number of nitrogens with one attached hydrogen (secondary N) is 1. The third-order valence-corrected chi connectivity index (χ3v) is 4.90.